The van der Waals surface area contributed by atoms with Crippen LogP contribution in [0.1, 0.15) is 17.0 Å². The molecule has 8 heteroatoms. The zero-order valence-corrected chi connectivity index (χ0v) is 13.9. The van der Waals surface area contributed by atoms with Gasteiger partial charge in [0.05, 0.1) is 12.0 Å². The second kappa shape index (κ2) is 7.58. The number of nitrogens with one attached hydrogen (secondary N) is 1. The molecule has 128 valence electrons. The van der Waals surface area contributed by atoms with Crippen LogP contribution in [0.3, 0.4) is 0 Å². The van der Waals surface area contributed by atoms with Crippen LogP contribution >= 0.6 is 0 Å². The molecule has 0 saturated carbocycles. The number of methoxy groups -OCH3 is 1. The van der Waals surface area contributed by atoms with Gasteiger partial charge in [0.15, 0.2) is 0 Å². The SMILES string of the molecule is COc1ccccc1CCNC(=O)Cn1nc(C)c([N+](=O)[O-])c1C. The summed E-state index contributed by atoms with van der Waals surface area (Å²) < 4.78 is 6.61. The molecule has 0 fully saturated rings. The lowest BCUT2D eigenvalue weighted by Crippen LogP contribution is -2.30. The molecule has 0 radical (unpaired) electrons. The van der Waals surface area contributed by atoms with Crippen molar-refractivity contribution in [3.63, 3.8) is 0 Å². The number of amides is 1. The van der Waals surface area contributed by atoms with Gasteiger partial charge in [-0.25, -0.2) is 0 Å². The Morgan fingerprint density at radius 1 is 1.38 bits per heavy atom. The van der Waals surface area contributed by atoms with E-state index in [0.717, 1.165) is 11.3 Å². The van der Waals surface area contributed by atoms with Crippen LogP contribution in [0.2, 0.25) is 0 Å². The van der Waals surface area contributed by atoms with Gasteiger partial charge in [0.25, 0.3) is 0 Å². The highest BCUT2D eigenvalue weighted by atomic mass is 16.6. The number of carbonyl (C=O) groups is 1. The Bertz CT molecular complexity index is 755. The quantitative estimate of drug-likeness (QED) is 0.615. The summed E-state index contributed by atoms with van der Waals surface area (Å²) >= 11 is 0. The number of rotatable bonds is 7. The van der Waals surface area contributed by atoms with Gasteiger partial charge < -0.3 is 10.1 Å². The van der Waals surface area contributed by atoms with E-state index in [1.807, 2.05) is 24.3 Å². The van der Waals surface area contributed by atoms with E-state index in [-0.39, 0.29) is 18.1 Å². The Balaban J connectivity index is 1.92. The van der Waals surface area contributed by atoms with Gasteiger partial charge in [-0.3, -0.25) is 19.6 Å². The molecule has 0 unspecified atom stereocenters. The number of para-hydroxylation sites is 1. The number of aromatic nitrogens is 2. The first-order valence-corrected chi connectivity index (χ1v) is 7.51. The Morgan fingerprint density at radius 2 is 2.08 bits per heavy atom. The maximum absolute atomic E-state index is 12.0. The average Bonchev–Trinajstić information content (AvgIpc) is 2.81. The molecular formula is C16H20N4O4. The first-order chi connectivity index (χ1) is 11.4. The van der Waals surface area contributed by atoms with Gasteiger partial charge in [-0.2, -0.15) is 5.10 Å². The minimum Gasteiger partial charge on any atom is -0.496 e. The van der Waals surface area contributed by atoms with E-state index in [1.54, 1.807) is 21.0 Å². The third kappa shape index (κ3) is 3.89. The van der Waals surface area contributed by atoms with Gasteiger partial charge in [0.2, 0.25) is 5.91 Å². The van der Waals surface area contributed by atoms with E-state index >= 15 is 0 Å². The van der Waals surface area contributed by atoms with Crippen LogP contribution in [-0.4, -0.2) is 34.3 Å². The van der Waals surface area contributed by atoms with E-state index in [2.05, 4.69) is 10.4 Å². The molecule has 0 bridgehead atoms. The summed E-state index contributed by atoms with van der Waals surface area (Å²) in [6.07, 6.45) is 0.632. The monoisotopic (exact) mass is 332 g/mol. The third-order valence-electron chi connectivity index (χ3n) is 3.73. The Morgan fingerprint density at radius 3 is 2.71 bits per heavy atom. The second-order valence-electron chi connectivity index (χ2n) is 5.35. The van der Waals surface area contributed by atoms with E-state index in [9.17, 15) is 14.9 Å². The second-order valence-corrected chi connectivity index (χ2v) is 5.35. The lowest BCUT2D eigenvalue weighted by molar-refractivity contribution is -0.386. The van der Waals surface area contributed by atoms with Crippen LogP contribution in [0, 0.1) is 24.0 Å². The first kappa shape index (κ1) is 17.5. The van der Waals surface area contributed by atoms with Crippen molar-refractivity contribution < 1.29 is 14.5 Å². The molecule has 1 heterocycles. The topological polar surface area (TPSA) is 99.3 Å². The molecule has 2 rings (SSSR count). The number of nitrogens with zero attached hydrogens (tertiary/aromatic N) is 3. The molecule has 0 saturated heterocycles. The van der Waals surface area contributed by atoms with Gasteiger partial charge in [-0.05, 0) is 31.9 Å². The molecule has 1 N–H and O–H groups in total. The molecule has 24 heavy (non-hydrogen) atoms. The predicted octanol–water partition coefficient (Wildman–Crippen LogP) is 1.78. The fourth-order valence-corrected chi connectivity index (χ4v) is 2.54. The number of ether oxygens (including phenoxy) is 1. The molecule has 0 aliphatic rings. The summed E-state index contributed by atoms with van der Waals surface area (Å²) in [5.41, 5.74) is 1.63. The van der Waals surface area contributed by atoms with Gasteiger partial charge >= 0.3 is 5.69 Å². The van der Waals surface area contributed by atoms with Crippen molar-refractivity contribution in [2.75, 3.05) is 13.7 Å². The molecule has 1 aromatic heterocycles. The third-order valence-corrected chi connectivity index (χ3v) is 3.73. The van der Waals surface area contributed by atoms with Crippen molar-refractivity contribution in [2.24, 2.45) is 0 Å². The van der Waals surface area contributed by atoms with Crippen molar-refractivity contribution in [2.45, 2.75) is 26.8 Å². The number of hydrogen-bond acceptors (Lipinski definition) is 5. The van der Waals surface area contributed by atoms with Crippen molar-refractivity contribution in [1.82, 2.24) is 15.1 Å². The van der Waals surface area contributed by atoms with Crippen molar-refractivity contribution in [1.29, 1.82) is 0 Å². The summed E-state index contributed by atoms with van der Waals surface area (Å²) in [4.78, 5) is 22.5. The molecule has 0 atom stereocenters. The van der Waals surface area contributed by atoms with Crippen LogP contribution in [0.25, 0.3) is 0 Å². The van der Waals surface area contributed by atoms with Crippen molar-refractivity contribution in [3.8, 4) is 5.75 Å². The summed E-state index contributed by atoms with van der Waals surface area (Å²) in [5, 5.41) is 17.8. The normalized spacial score (nSPS) is 10.5. The highest BCUT2D eigenvalue weighted by molar-refractivity contribution is 5.75. The maximum atomic E-state index is 12.0. The minimum absolute atomic E-state index is 0.0446. The van der Waals surface area contributed by atoms with E-state index in [4.69, 9.17) is 4.74 Å². The minimum atomic E-state index is -0.478. The number of hydrogen-bond donors (Lipinski definition) is 1. The Hall–Kier alpha value is -2.90. The number of aryl methyl sites for hydroxylation is 1. The Kier molecular flexibility index (Phi) is 5.51. The molecule has 0 aliphatic carbocycles. The van der Waals surface area contributed by atoms with Gasteiger partial charge in [0.1, 0.15) is 23.7 Å². The summed E-state index contributed by atoms with van der Waals surface area (Å²) in [7, 11) is 1.60. The summed E-state index contributed by atoms with van der Waals surface area (Å²) in [6, 6.07) is 7.60. The lowest BCUT2D eigenvalue weighted by Gasteiger charge is -2.09. The smallest absolute Gasteiger partial charge is 0.312 e. The highest BCUT2D eigenvalue weighted by Gasteiger charge is 2.22. The average molecular weight is 332 g/mol. The molecule has 1 amide bonds. The zero-order valence-electron chi connectivity index (χ0n) is 13.9. The standard InChI is InChI=1S/C16H20N4O4/c1-11-16(20(22)23)12(2)19(18-11)10-15(21)17-9-8-13-6-4-5-7-14(13)24-3/h4-7H,8-10H2,1-3H3,(H,17,21). The molecule has 0 spiro atoms. The van der Waals surface area contributed by atoms with Crippen LogP contribution in [0.15, 0.2) is 24.3 Å². The lowest BCUT2D eigenvalue weighted by atomic mass is 10.1. The predicted molar refractivity (Wildman–Crippen MR) is 88.1 cm³/mol. The molecule has 0 aliphatic heterocycles. The van der Waals surface area contributed by atoms with E-state index < -0.39 is 4.92 Å². The summed E-state index contributed by atoms with van der Waals surface area (Å²) in [6.45, 7) is 3.54. The first-order valence-electron chi connectivity index (χ1n) is 7.51. The van der Waals surface area contributed by atoms with Crippen LogP contribution in [0.4, 0.5) is 5.69 Å². The summed E-state index contributed by atoms with van der Waals surface area (Å²) in [5.74, 6) is 0.534. The molecule has 1 aromatic carbocycles. The van der Waals surface area contributed by atoms with Gasteiger partial charge in [0, 0.05) is 6.54 Å². The van der Waals surface area contributed by atoms with Crippen molar-refractivity contribution >= 4 is 11.6 Å². The van der Waals surface area contributed by atoms with E-state index in [0.29, 0.717) is 24.4 Å². The van der Waals surface area contributed by atoms with E-state index in [1.165, 1.54) is 4.68 Å². The molecule has 8 nitrogen and oxygen atoms in total. The maximum Gasteiger partial charge on any atom is 0.312 e. The number of carbonyl (C=O) groups excluding carboxylic acids is 1. The fraction of sp³-hybridized carbons (Fsp3) is 0.375. The largest absolute Gasteiger partial charge is 0.496 e. The van der Waals surface area contributed by atoms with Gasteiger partial charge in [-0.1, -0.05) is 18.2 Å². The fourth-order valence-electron chi connectivity index (χ4n) is 2.54. The van der Waals surface area contributed by atoms with Crippen molar-refractivity contribution in [3.05, 3.63) is 51.3 Å². The Labute approximate surface area is 139 Å². The highest BCUT2D eigenvalue weighted by Crippen LogP contribution is 2.21. The van der Waals surface area contributed by atoms with Crippen LogP contribution in [-0.2, 0) is 17.8 Å². The van der Waals surface area contributed by atoms with Gasteiger partial charge in [-0.15, -0.1) is 0 Å². The zero-order chi connectivity index (χ0) is 17.7. The molecular weight excluding hydrogens is 312 g/mol. The molecule has 2 aromatic rings. The van der Waals surface area contributed by atoms with Crippen LogP contribution < -0.4 is 10.1 Å². The number of benzene rings is 1. The van der Waals surface area contributed by atoms with Crippen LogP contribution in [0.5, 0.6) is 5.75 Å². The number of nitro groups is 1.